The van der Waals surface area contributed by atoms with E-state index in [-0.39, 0.29) is 5.66 Å². The molecule has 2 aromatic carbocycles. The highest BCUT2D eigenvalue weighted by atomic mass is 32.1. The maximum absolute atomic E-state index is 5.31. The number of nitrogens with one attached hydrogen (secondary N) is 3. The second-order valence-corrected chi connectivity index (χ2v) is 7.12. The molecule has 124 valence electrons. The minimum absolute atomic E-state index is 0.218. The van der Waals surface area contributed by atoms with E-state index < -0.39 is 0 Å². The Morgan fingerprint density at radius 1 is 0.917 bits per heavy atom. The first kappa shape index (κ1) is 15.6. The van der Waals surface area contributed by atoms with Gasteiger partial charge in [0.15, 0.2) is 5.11 Å². The summed E-state index contributed by atoms with van der Waals surface area (Å²) < 4.78 is 0. The van der Waals surface area contributed by atoms with Crippen molar-refractivity contribution in [3.05, 3.63) is 71.8 Å². The van der Waals surface area contributed by atoms with Gasteiger partial charge in [0.2, 0.25) is 0 Å². The second-order valence-electron chi connectivity index (χ2n) is 6.71. The van der Waals surface area contributed by atoms with Gasteiger partial charge in [-0.05, 0) is 30.4 Å². The van der Waals surface area contributed by atoms with E-state index in [1.54, 1.807) is 0 Å². The highest BCUT2D eigenvalue weighted by Gasteiger charge is 2.47. The Kier molecular flexibility index (Phi) is 4.00. The lowest BCUT2D eigenvalue weighted by Gasteiger charge is -2.48. The second kappa shape index (κ2) is 6.16. The molecular formula is C19H22N4S. The molecule has 2 atom stereocenters. The highest BCUT2D eigenvalue weighted by Crippen LogP contribution is 2.44. The molecule has 0 amide bonds. The fourth-order valence-corrected chi connectivity index (χ4v) is 4.21. The molecule has 3 N–H and O–H groups in total. The van der Waals surface area contributed by atoms with Crippen molar-refractivity contribution in [2.45, 2.75) is 30.6 Å². The predicted molar refractivity (Wildman–Crippen MR) is 100 cm³/mol. The molecule has 0 radical (unpaired) electrons. The van der Waals surface area contributed by atoms with Gasteiger partial charge in [0, 0.05) is 24.9 Å². The van der Waals surface area contributed by atoms with Gasteiger partial charge in [-0.1, -0.05) is 60.7 Å². The van der Waals surface area contributed by atoms with Crippen LogP contribution in [0.5, 0.6) is 0 Å². The van der Waals surface area contributed by atoms with Gasteiger partial charge in [0.05, 0.1) is 0 Å². The molecule has 0 aromatic heterocycles. The van der Waals surface area contributed by atoms with Crippen LogP contribution < -0.4 is 16.2 Å². The molecule has 2 aliphatic heterocycles. The van der Waals surface area contributed by atoms with Crippen LogP contribution >= 0.6 is 12.2 Å². The average molecular weight is 338 g/mol. The summed E-state index contributed by atoms with van der Waals surface area (Å²) in [5.41, 5.74) is 8.96. The standard InChI is InChI=1S/C19H22N4S/c1-23-16(14-8-4-2-5-9-14)12-19(20-18(24)21-22-19)13-17(23)15-10-6-3-7-11-15/h2-11,16-17,22H,12-13H2,1H3,(H2,20,21,24). The lowest BCUT2D eigenvalue weighted by molar-refractivity contribution is 0.0405. The zero-order chi connectivity index (χ0) is 16.6. The summed E-state index contributed by atoms with van der Waals surface area (Å²) >= 11 is 5.31. The molecular weight excluding hydrogens is 316 g/mol. The van der Waals surface area contributed by atoms with Gasteiger partial charge >= 0.3 is 0 Å². The third kappa shape index (κ3) is 2.79. The molecule has 4 nitrogen and oxygen atoms in total. The number of piperidine rings is 1. The molecule has 4 rings (SSSR count). The number of benzene rings is 2. The first-order valence-electron chi connectivity index (χ1n) is 8.34. The first-order chi connectivity index (χ1) is 11.7. The molecule has 2 aromatic rings. The number of hydrogen-bond donors (Lipinski definition) is 3. The van der Waals surface area contributed by atoms with Crippen LogP contribution in [0.1, 0.15) is 36.1 Å². The van der Waals surface area contributed by atoms with E-state index in [0.29, 0.717) is 17.2 Å². The van der Waals surface area contributed by atoms with Crippen LogP contribution in [0.2, 0.25) is 0 Å². The Labute approximate surface area is 148 Å². The summed E-state index contributed by atoms with van der Waals surface area (Å²) in [4.78, 5) is 2.49. The zero-order valence-corrected chi connectivity index (χ0v) is 14.5. The average Bonchev–Trinajstić information content (AvgIpc) is 2.99. The van der Waals surface area contributed by atoms with E-state index in [2.05, 4.69) is 88.8 Å². The van der Waals surface area contributed by atoms with E-state index in [0.717, 1.165) is 12.8 Å². The molecule has 2 saturated heterocycles. The topological polar surface area (TPSA) is 39.3 Å². The minimum Gasteiger partial charge on any atom is -0.342 e. The van der Waals surface area contributed by atoms with E-state index >= 15 is 0 Å². The molecule has 0 aliphatic carbocycles. The van der Waals surface area contributed by atoms with E-state index in [4.69, 9.17) is 12.2 Å². The lowest BCUT2D eigenvalue weighted by atomic mass is 9.81. The van der Waals surface area contributed by atoms with E-state index in [1.165, 1.54) is 11.1 Å². The molecule has 2 heterocycles. The predicted octanol–water partition coefficient (Wildman–Crippen LogP) is 2.87. The Hall–Kier alpha value is -1.95. The van der Waals surface area contributed by atoms with Gasteiger partial charge in [-0.15, -0.1) is 0 Å². The molecule has 24 heavy (non-hydrogen) atoms. The van der Waals surface area contributed by atoms with Crippen LogP contribution in [-0.4, -0.2) is 22.7 Å². The third-order valence-corrected chi connectivity index (χ3v) is 5.41. The highest BCUT2D eigenvalue weighted by molar-refractivity contribution is 7.80. The molecule has 2 aliphatic rings. The van der Waals surface area contributed by atoms with Crippen LogP contribution in [0.25, 0.3) is 0 Å². The summed E-state index contributed by atoms with van der Waals surface area (Å²) in [7, 11) is 2.23. The summed E-state index contributed by atoms with van der Waals surface area (Å²) in [6, 6.07) is 22.1. The maximum Gasteiger partial charge on any atom is 0.182 e. The summed E-state index contributed by atoms with van der Waals surface area (Å²) in [6.07, 6.45) is 1.90. The number of likely N-dealkylation sites (tertiary alicyclic amines) is 1. The number of hydrazine groups is 1. The summed E-state index contributed by atoms with van der Waals surface area (Å²) in [6.45, 7) is 0. The normalized spacial score (nSPS) is 30.1. The summed E-state index contributed by atoms with van der Waals surface area (Å²) in [5.74, 6) is 0. The maximum atomic E-state index is 5.31. The fourth-order valence-electron chi connectivity index (χ4n) is 3.97. The van der Waals surface area contributed by atoms with Crippen molar-refractivity contribution >= 4 is 17.3 Å². The molecule has 5 heteroatoms. The molecule has 1 spiro atoms. The van der Waals surface area contributed by atoms with Gasteiger partial charge in [0.25, 0.3) is 0 Å². The zero-order valence-electron chi connectivity index (χ0n) is 13.7. The van der Waals surface area contributed by atoms with Crippen molar-refractivity contribution < 1.29 is 0 Å². The van der Waals surface area contributed by atoms with Gasteiger partial charge < -0.3 is 5.32 Å². The molecule has 0 bridgehead atoms. The number of nitrogens with zero attached hydrogens (tertiary/aromatic N) is 1. The van der Waals surface area contributed by atoms with E-state index in [1.807, 2.05) is 0 Å². The van der Waals surface area contributed by atoms with Crippen LogP contribution in [0.3, 0.4) is 0 Å². The Morgan fingerprint density at radius 2 is 1.42 bits per heavy atom. The van der Waals surface area contributed by atoms with E-state index in [9.17, 15) is 0 Å². The molecule has 2 fully saturated rings. The van der Waals surface area contributed by atoms with Crippen molar-refractivity contribution in [1.29, 1.82) is 0 Å². The van der Waals surface area contributed by atoms with Gasteiger partial charge in [-0.25, -0.2) is 5.43 Å². The Balaban J connectivity index is 1.73. The monoisotopic (exact) mass is 338 g/mol. The van der Waals surface area contributed by atoms with Crippen molar-refractivity contribution in [2.24, 2.45) is 0 Å². The van der Waals surface area contributed by atoms with Gasteiger partial charge in [-0.2, -0.15) is 0 Å². The lowest BCUT2D eigenvalue weighted by Crippen LogP contribution is -2.58. The Bertz CT molecular complexity index is 669. The van der Waals surface area contributed by atoms with Crippen LogP contribution in [0.4, 0.5) is 0 Å². The van der Waals surface area contributed by atoms with Crippen LogP contribution in [0.15, 0.2) is 60.7 Å². The van der Waals surface area contributed by atoms with Crippen molar-refractivity contribution in [3.63, 3.8) is 0 Å². The molecule has 0 saturated carbocycles. The summed E-state index contributed by atoms with van der Waals surface area (Å²) in [5, 5.41) is 4.15. The van der Waals surface area contributed by atoms with Crippen LogP contribution in [-0.2, 0) is 0 Å². The molecule has 2 unspecified atom stereocenters. The van der Waals surface area contributed by atoms with Crippen molar-refractivity contribution in [3.8, 4) is 0 Å². The number of rotatable bonds is 2. The fraction of sp³-hybridized carbons (Fsp3) is 0.316. The largest absolute Gasteiger partial charge is 0.342 e. The Morgan fingerprint density at radius 3 is 1.83 bits per heavy atom. The van der Waals surface area contributed by atoms with Crippen LogP contribution in [0, 0.1) is 0 Å². The van der Waals surface area contributed by atoms with Gasteiger partial charge in [-0.3, -0.25) is 10.3 Å². The van der Waals surface area contributed by atoms with Gasteiger partial charge in [0.1, 0.15) is 5.66 Å². The first-order valence-corrected chi connectivity index (χ1v) is 8.75. The minimum atomic E-state index is -0.218. The quantitative estimate of drug-likeness (QED) is 0.735. The smallest absolute Gasteiger partial charge is 0.182 e. The van der Waals surface area contributed by atoms with Crippen molar-refractivity contribution in [1.82, 2.24) is 21.1 Å². The third-order valence-electron chi connectivity index (χ3n) is 5.20. The number of thiocarbonyl (C=S) groups is 1. The SMILES string of the molecule is CN1C(c2ccccc2)CC2(CC1c1ccccc1)NNC(=S)N2. The van der Waals surface area contributed by atoms with Crippen molar-refractivity contribution in [2.75, 3.05) is 7.05 Å². The number of hydrogen-bond acceptors (Lipinski definition) is 3.